The molecule has 0 heterocycles. The minimum atomic E-state index is 0.134. The van der Waals surface area contributed by atoms with Gasteiger partial charge in [-0.25, -0.2) is 0 Å². The van der Waals surface area contributed by atoms with Crippen LogP contribution in [0.4, 0.5) is 0 Å². The van der Waals surface area contributed by atoms with Gasteiger partial charge in [0.05, 0.1) is 0 Å². The summed E-state index contributed by atoms with van der Waals surface area (Å²) >= 11 is 0. The molecular weight excluding hydrogens is 362 g/mol. The predicted molar refractivity (Wildman–Crippen MR) is 139 cm³/mol. The lowest BCUT2D eigenvalue weighted by Crippen LogP contribution is -2.39. The predicted octanol–water partition coefficient (Wildman–Crippen LogP) is 10.5. The first-order chi connectivity index (χ1) is 14.7. The normalized spacial score (nSPS) is 12.0. The zero-order chi connectivity index (χ0) is 22.2. The highest BCUT2D eigenvalue weighted by atomic mass is 14.7. The van der Waals surface area contributed by atoms with Gasteiger partial charge in [0.2, 0.25) is 0 Å². The molecule has 0 aliphatic rings. The molecule has 0 bridgehead atoms. The van der Waals surface area contributed by atoms with E-state index in [4.69, 9.17) is 5.73 Å². The van der Waals surface area contributed by atoms with Crippen molar-refractivity contribution < 1.29 is 0 Å². The van der Waals surface area contributed by atoms with Gasteiger partial charge in [-0.3, -0.25) is 0 Å². The highest BCUT2D eigenvalue weighted by Crippen LogP contribution is 2.27. The molecule has 0 rings (SSSR count). The fourth-order valence-corrected chi connectivity index (χ4v) is 4.85. The fraction of sp³-hybridized carbons (Fsp3) is 1.00. The van der Waals surface area contributed by atoms with Crippen LogP contribution in [-0.4, -0.2) is 5.54 Å². The monoisotopic (exact) mass is 423 g/mol. The van der Waals surface area contributed by atoms with E-state index >= 15 is 0 Å². The Balaban J connectivity index is 4.02. The first kappa shape index (κ1) is 30.0. The van der Waals surface area contributed by atoms with Gasteiger partial charge in [0, 0.05) is 5.54 Å². The van der Waals surface area contributed by atoms with Crippen molar-refractivity contribution in [1.29, 1.82) is 0 Å². The topological polar surface area (TPSA) is 26.0 Å². The van der Waals surface area contributed by atoms with Crippen LogP contribution in [0.15, 0.2) is 0 Å². The molecule has 0 spiro atoms. The molecule has 1 heteroatoms. The molecule has 30 heavy (non-hydrogen) atoms. The van der Waals surface area contributed by atoms with Crippen molar-refractivity contribution in [2.75, 3.05) is 0 Å². The average Bonchev–Trinajstić information content (AvgIpc) is 2.74. The van der Waals surface area contributed by atoms with Crippen LogP contribution in [0, 0.1) is 0 Å². The maximum atomic E-state index is 7.00. The Kier molecular flexibility index (Phi) is 23.6. The van der Waals surface area contributed by atoms with E-state index in [9.17, 15) is 0 Å². The SMILES string of the molecule is CCCCCCCCCCC(N)(CCCCCCCC)CCCCCCCCCC. The Hall–Kier alpha value is -0.0400. The summed E-state index contributed by atoms with van der Waals surface area (Å²) in [6.45, 7) is 6.91. The van der Waals surface area contributed by atoms with Gasteiger partial charge in [-0.1, -0.05) is 162 Å². The number of nitrogens with two attached hydrogens (primary N) is 1. The molecule has 0 unspecified atom stereocenters. The lowest BCUT2D eigenvalue weighted by Gasteiger charge is -2.30. The summed E-state index contributed by atoms with van der Waals surface area (Å²) in [5, 5.41) is 0. The summed E-state index contributed by atoms with van der Waals surface area (Å²) in [4.78, 5) is 0. The van der Waals surface area contributed by atoms with Gasteiger partial charge in [-0.2, -0.15) is 0 Å². The number of hydrogen-bond acceptors (Lipinski definition) is 1. The Morgan fingerprint density at radius 3 is 0.767 bits per heavy atom. The van der Waals surface area contributed by atoms with E-state index in [0.29, 0.717) is 0 Å². The van der Waals surface area contributed by atoms with Crippen molar-refractivity contribution in [2.24, 2.45) is 5.73 Å². The van der Waals surface area contributed by atoms with Gasteiger partial charge in [-0.05, 0) is 19.3 Å². The summed E-state index contributed by atoms with van der Waals surface area (Å²) in [7, 11) is 0. The van der Waals surface area contributed by atoms with Crippen molar-refractivity contribution in [1.82, 2.24) is 0 Å². The highest BCUT2D eigenvalue weighted by Gasteiger charge is 2.23. The maximum absolute atomic E-state index is 7.00. The number of hydrogen-bond donors (Lipinski definition) is 1. The summed E-state index contributed by atoms with van der Waals surface area (Å²) in [5.74, 6) is 0. The molecule has 0 aliphatic carbocycles. The summed E-state index contributed by atoms with van der Waals surface area (Å²) < 4.78 is 0. The Labute approximate surface area is 192 Å². The molecule has 0 fully saturated rings. The van der Waals surface area contributed by atoms with E-state index in [2.05, 4.69) is 20.8 Å². The lowest BCUT2D eigenvalue weighted by molar-refractivity contribution is 0.302. The van der Waals surface area contributed by atoms with E-state index < -0.39 is 0 Å². The van der Waals surface area contributed by atoms with E-state index in [1.54, 1.807) is 0 Å². The second-order valence-corrected chi connectivity index (χ2v) is 10.3. The Bertz CT molecular complexity index is 291. The van der Waals surface area contributed by atoms with Gasteiger partial charge in [0.15, 0.2) is 0 Å². The van der Waals surface area contributed by atoms with Crippen molar-refractivity contribution in [3.8, 4) is 0 Å². The molecule has 0 aromatic carbocycles. The number of rotatable bonds is 25. The van der Waals surface area contributed by atoms with E-state index in [1.807, 2.05) is 0 Å². The zero-order valence-electron chi connectivity index (χ0n) is 21.8. The third kappa shape index (κ3) is 21.2. The van der Waals surface area contributed by atoms with Crippen molar-refractivity contribution in [3.05, 3.63) is 0 Å². The molecule has 0 aromatic heterocycles. The fourth-order valence-electron chi connectivity index (χ4n) is 4.85. The second-order valence-electron chi connectivity index (χ2n) is 10.3. The molecular formula is C29H61N. The molecule has 0 radical (unpaired) electrons. The van der Waals surface area contributed by atoms with Gasteiger partial charge in [0.1, 0.15) is 0 Å². The maximum Gasteiger partial charge on any atom is 0.0154 e. The molecule has 0 amide bonds. The molecule has 0 aromatic rings. The summed E-state index contributed by atoms with van der Waals surface area (Å²) in [5.41, 5.74) is 7.13. The van der Waals surface area contributed by atoms with Crippen molar-refractivity contribution in [3.63, 3.8) is 0 Å². The smallest absolute Gasteiger partial charge is 0.0154 e. The molecule has 2 N–H and O–H groups in total. The molecule has 0 aliphatic heterocycles. The van der Waals surface area contributed by atoms with Crippen LogP contribution in [-0.2, 0) is 0 Å². The third-order valence-corrected chi connectivity index (χ3v) is 7.08. The molecule has 182 valence electrons. The minimum Gasteiger partial charge on any atom is -0.325 e. The minimum absolute atomic E-state index is 0.134. The van der Waals surface area contributed by atoms with Gasteiger partial charge >= 0.3 is 0 Å². The quantitative estimate of drug-likeness (QED) is 0.145. The third-order valence-electron chi connectivity index (χ3n) is 7.08. The molecule has 0 saturated heterocycles. The first-order valence-electron chi connectivity index (χ1n) is 14.5. The van der Waals surface area contributed by atoms with Crippen molar-refractivity contribution >= 4 is 0 Å². The van der Waals surface area contributed by atoms with Crippen molar-refractivity contribution in [2.45, 2.75) is 187 Å². The lowest BCUT2D eigenvalue weighted by atomic mass is 9.82. The van der Waals surface area contributed by atoms with Crippen LogP contribution in [0.5, 0.6) is 0 Å². The molecule has 0 atom stereocenters. The van der Waals surface area contributed by atoms with E-state index in [-0.39, 0.29) is 5.54 Å². The summed E-state index contributed by atoms with van der Waals surface area (Å²) in [6.07, 6.45) is 34.7. The Morgan fingerprint density at radius 1 is 0.333 bits per heavy atom. The van der Waals surface area contributed by atoms with E-state index in [1.165, 1.54) is 161 Å². The second kappa shape index (κ2) is 23.6. The first-order valence-corrected chi connectivity index (χ1v) is 14.5. The molecule has 0 saturated carbocycles. The van der Waals surface area contributed by atoms with Gasteiger partial charge in [0.25, 0.3) is 0 Å². The van der Waals surface area contributed by atoms with Crippen LogP contribution in [0.25, 0.3) is 0 Å². The number of unbranched alkanes of at least 4 members (excludes halogenated alkanes) is 19. The standard InChI is InChI=1S/C29H61N/c1-4-7-10-13-16-18-21-24-27-29(30,26-23-20-15-12-9-6-3)28-25-22-19-17-14-11-8-5-2/h4-28,30H2,1-3H3. The Morgan fingerprint density at radius 2 is 0.533 bits per heavy atom. The summed E-state index contributed by atoms with van der Waals surface area (Å²) in [6, 6.07) is 0. The zero-order valence-corrected chi connectivity index (χ0v) is 21.8. The highest BCUT2D eigenvalue weighted by molar-refractivity contribution is 4.84. The molecule has 1 nitrogen and oxygen atoms in total. The van der Waals surface area contributed by atoms with Crippen LogP contribution in [0.2, 0.25) is 0 Å². The van der Waals surface area contributed by atoms with Crippen LogP contribution >= 0.6 is 0 Å². The van der Waals surface area contributed by atoms with Crippen LogP contribution in [0.3, 0.4) is 0 Å². The van der Waals surface area contributed by atoms with Gasteiger partial charge in [-0.15, -0.1) is 0 Å². The van der Waals surface area contributed by atoms with Gasteiger partial charge < -0.3 is 5.73 Å². The van der Waals surface area contributed by atoms with Crippen LogP contribution in [0.1, 0.15) is 181 Å². The largest absolute Gasteiger partial charge is 0.325 e. The average molecular weight is 424 g/mol. The van der Waals surface area contributed by atoms with E-state index in [0.717, 1.165) is 0 Å². The van der Waals surface area contributed by atoms with Crippen LogP contribution < -0.4 is 5.73 Å².